The number of hydrogen-bond donors (Lipinski definition) is 1. The van der Waals surface area contributed by atoms with Gasteiger partial charge in [-0.25, -0.2) is 14.6 Å². The quantitative estimate of drug-likeness (QED) is 0.323. The number of cyclic esters (lactones) is 1. The van der Waals surface area contributed by atoms with E-state index in [1.807, 2.05) is 19.1 Å². The number of hydrogen-bond acceptors (Lipinski definition) is 7. The van der Waals surface area contributed by atoms with E-state index in [9.17, 15) is 14.4 Å². The Morgan fingerprint density at radius 2 is 1.74 bits per heavy atom. The molecule has 1 aliphatic rings. The molecule has 0 bridgehead atoms. The van der Waals surface area contributed by atoms with Crippen LogP contribution >= 0.6 is 0 Å². The molecule has 0 spiro atoms. The number of ether oxygens (including phenoxy) is 3. The van der Waals surface area contributed by atoms with E-state index < -0.39 is 11.9 Å². The number of carbonyl (C=O) groups is 3. The molecule has 4 rings (SSSR count). The van der Waals surface area contributed by atoms with E-state index in [0.29, 0.717) is 28.1 Å². The van der Waals surface area contributed by atoms with Crippen LogP contribution < -0.4 is 14.8 Å². The van der Waals surface area contributed by atoms with Gasteiger partial charge in [-0.15, -0.1) is 0 Å². The summed E-state index contributed by atoms with van der Waals surface area (Å²) in [4.78, 5) is 40.4. The maximum absolute atomic E-state index is 12.6. The zero-order chi connectivity index (χ0) is 24.9. The van der Waals surface area contributed by atoms with Gasteiger partial charge in [0, 0.05) is 18.2 Å². The summed E-state index contributed by atoms with van der Waals surface area (Å²) < 4.78 is 16.2. The van der Waals surface area contributed by atoms with Crippen LogP contribution in [0.15, 0.2) is 77.4 Å². The summed E-state index contributed by atoms with van der Waals surface area (Å²) in [5, 5.41) is 2.67. The van der Waals surface area contributed by atoms with Gasteiger partial charge in [0.1, 0.15) is 0 Å². The van der Waals surface area contributed by atoms with E-state index in [2.05, 4.69) is 10.3 Å². The molecule has 0 fully saturated rings. The molecule has 1 heterocycles. The first-order valence-electron chi connectivity index (χ1n) is 10.7. The van der Waals surface area contributed by atoms with Gasteiger partial charge in [0.15, 0.2) is 17.2 Å². The fourth-order valence-corrected chi connectivity index (χ4v) is 3.40. The van der Waals surface area contributed by atoms with Crippen LogP contribution in [-0.4, -0.2) is 30.9 Å². The van der Waals surface area contributed by atoms with E-state index in [1.54, 1.807) is 60.7 Å². The van der Waals surface area contributed by atoms with Crippen LogP contribution in [0.4, 0.5) is 5.69 Å². The van der Waals surface area contributed by atoms with Gasteiger partial charge in [-0.3, -0.25) is 4.79 Å². The number of aliphatic imine (C=N–C) groups is 1. The largest absolute Gasteiger partial charge is 0.493 e. The maximum atomic E-state index is 12.6. The Balaban J connectivity index is 1.54. The number of aryl methyl sites for hydroxylation is 1. The number of nitrogens with one attached hydrogen (secondary N) is 1. The number of esters is 2. The first-order chi connectivity index (χ1) is 16.8. The molecular weight excluding hydrogens is 448 g/mol. The Labute approximate surface area is 201 Å². The minimum absolute atomic E-state index is 0.109. The lowest BCUT2D eigenvalue weighted by Crippen LogP contribution is -2.10. The van der Waals surface area contributed by atoms with Crippen LogP contribution in [-0.2, 0) is 14.3 Å². The second-order valence-corrected chi connectivity index (χ2v) is 7.71. The van der Waals surface area contributed by atoms with Crippen LogP contribution in [0.3, 0.4) is 0 Å². The van der Waals surface area contributed by atoms with Gasteiger partial charge in [0.25, 0.3) is 0 Å². The number of amides is 1. The van der Waals surface area contributed by atoms with E-state index in [1.165, 1.54) is 14.0 Å². The number of methoxy groups -OCH3 is 1. The zero-order valence-corrected chi connectivity index (χ0v) is 19.3. The van der Waals surface area contributed by atoms with Crippen LogP contribution in [0.2, 0.25) is 0 Å². The summed E-state index contributed by atoms with van der Waals surface area (Å²) in [6.07, 6.45) is 1.55. The molecule has 0 unspecified atom stereocenters. The average molecular weight is 470 g/mol. The molecule has 8 nitrogen and oxygen atoms in total. The molecule has 3 aromatic rings. The average Bonchev–Trinajstić information content (AvgIpc) is 3.20. The smallest absolute Gasteiger partial charge is 0.363 e. The van der Waals surface area contributed by atoms with Gasteiger partial charge >= 0.3 is 11.9 Å². The number of rotatable bonds is 6. The second-order valence-electron chi connectivity index (χ2n) is 7.71. The monoisotopic (exact) mass is 470 g/mol. The van der Waals surface area contributed by atoms with Gasteiger partial charge in [-0.2, -0.15) is 0 Å². The SMILES string of the molecule is COc1cc(/C=C2\N=C(c3ccc(NC(C)=O)cc3)OC2=O)ccc1OC(=O)c1ccccc1C. The topological polar surface area (TPSA) is 103 Å². The summed E-state index contributed by atoms with van der Waals surface area (Å²) in [5.74, 6) is -0.540. The van der Waals surface area contributed by atoms with E-state index in [0.717, 1.165) is 5.56 Å². The Morgan fingerprint density at radius 1 is 1.00 bits per heavy atom. The summed E-state index contributed by atoms with van der Waals surface area (Å²) >= 11 is 0. The summed E-state index contributed by atoms with van der Waals surface area (Å²) in [6.45, 7) is 3.25. The maximum Gasteiger partial charge on any atom is 0.363 e. The molecule has 176 valence electrons. The van der Waals surface area contributed by atoms with Crippen molar-refractivity contribution in [1.82, 2.24) is 0 Å². The fourth-order valence-electron chi connectivity index (χ4n) is 3.40. The van der Waals surface area contributed by atoms with Crippen LogP contribution in [0, 0.1) is 6.92 Å². The summed E-state index contributed by atoms with van der Waals surface area (Å²) in [7, 11) is 1.46. The minimum Gasteiger partial charge on any atom is -0.493 e. The molecule has 0 aliphatic carbocycles. The predicted molar refractivity (Wildman–Crippen MR) is 130 cm³/mol. The van der Waals surface area contributed by atoms with Crippen molar-refractivity contribution >= 4 is 35.5 Å². The highest BCUT2D eigenvalue weighted by atomic mass is 16.6. The van der Waals surface area contributed by atoms with Crippen molar-refractivity contribution in [2.24, 2.45) is 4.99 Å². The molecule has 8 heteroatoms. The lowest BCUT2D eigenvalue weighted by molar-refractivity contribution is -0.129. The Morgan fingerprint density at radius 3 is 2.43 bits per heavy atom. The lowest BCUT2D eigenvalue weighted by atomic mass is 10.1. The first kappa shape index (κ1) is 23.4. The normalized spacial score (nSPS) is 13.7. The Kier molecular flexibility index (Phi) is 6.73. The molecule has 1 N–H and O–H groups in total. The van der Waals surface area contributed by atoms with Gasteiger partial charge in [0.05, 0.1) is 12.7 Å². The molecule has 0 aromatic heterocycles. The van der Waals surface area contributed by atoms with Crippen molar-refractivity contribution in [1.29, 1.82) is 0 Å². The van der Waals surface area contributed by atoms with Crippen molar-refractivity contribution in [2.75, 3.05) is 12.4 Å². The third-order valence-corrected chi connectivity index (χ3v) is 5.13. The van der Waals surface area contributed by atoms with E-state index in [-0.39, 0.29) is 23.3 Å². The minimum atomic E-state index is -0.597. The van der Waals surface area contributed by atoms with Gasteiger partial charge in [-0.05, 0) is 66.6 Å². The van der Waals surface area contributed by atoms with Crippen molar-refractivity contribution in [3.05, 3.63) is 94.7 Å². The molecule has 3 aromatic carbocycles. The number of carbonyl (C=O) groups excluding carboxylic acids is 3. The molecular formula is C27H22N2O6. The van der Waals surface area contributed by atoms with Crippen molar-refractivity contribution < 1.29 is 28.6 Å². The fraction of sp³-hybridized carbons (Fsp3) is 0.111. The standard InChI is InChI=1S/C27H22N2O6/c1-16-6-4-5-7-21(16)26(31)34-23-13-8-18(15-24(23)33-3)14-22-27(32)35-25(29-22)19-9-11-20(12-10-19)28-17(2)30/h4-15H,1-3H3,(H,28,30)/b22-14-. The van der Waals surface area contributed by atoms with Crippen molar-refractivity contribution in [3.63, 3.8) is 0 Å². The Bertz CT molecular complexity index is 1370. The second kappa shape index (κ2) is 10.0. The molecule has 0 saturated heterocycles. The zero-order valence-electron chi connectivity index (χ0n) is 19.3. The van der Waals surface area contributed by atoms with Crippen LogP contribution in [0.1, 0.15) is 34.0 Å². The van der Waals surface area contributed by atoms with Crippen molar-refractivity contribution in [2.45, 2.75) is 13.8 Å². The molecule has 0 saturated carbocycles. The summed E-state index contributed by atoms with van der Waals surface area (Å²) in [5.41, 5.74) is 3.19. The number of benzene rings is 3. The van der Waals surface area contributed by atoms with Gasteiger partial charge in [-0.1, -0.05) is 24.3 Å². The van der Waals surface area contributed by atoms with Gasteiger partial charge < -0.3 is 19.5 Å². The Hall–Kier alpha value is -4.72. The third kappa shape index (κ3) is 5.44. The highest BCUT2D eigenvalue weighted by molar-refractivity contribution is 6.13. The van der Waals surface area contributed by atoms with Crippen LogP contribution in [0.5, 0.6) is 11.5 Å². The lowest BCUT2D eigenvalue weighted by Gasteiger charge is -2.11. The molecule has 1 aliphatic heterocycles. The van der Waals surface area contributed by atoms with Crippen LogP contribution in [0.25, 0.3) is 6.08 Å². The summed E-state index contributed by atoms with van der Waals surface area (Å²) in [6, 6.07) is 18.8. The van der Waals surface area contributed by atoms with E-state index in [4.69, 9.17) is 14.2 Å². The third-order valence-electron chi connectivity index (χ3n) is 5.13. The van der Waals surface area contributed by atoms with E-state index >= 15 is 0 Å². The first-order valence-corrected chi connectivity index (χ1v) is 10.7. The number of nitrogens with zero attached hydrogens (tertiary/aromatic N) is 1. The van der Waals surface area contributed by atoms with Gasteiger partial charge in [0.2, 0.25) is 11.8 Å². The van der Waals surface area contributed by atoms with Crippen molar-refractivity contribution in [3.8, 4) is 11.5 Å². The predicted octanol–water partition coefficient (Wildman–Crippen LogP) is 4.53. The highest BCUT2D eigenvalue weighted by Gasteiger charge is 2.24. The molecule has 35 heavy (non-hydrogen) atoms. The molecule has 1 amide bonds. The molecule has 0 radical (unpaired) electrons. The number of anilines is 1. The molecule has 0 atom stereocenters. The highest BCUT2D eigenvalue weighted by Crippen LogP contribution is 2.31.